The number of aryl methyl sites for hydroxylation is 1. The van der Waals surface area contributed by atoms with Gasteiger partial charge in [0, 0.05) is 17.8 Å². The average Bonchev–Trinajstić information content (AvgIpc) is 3.21. The van der Waals surface area contributed by atoms with E-state index in [1.807, 2.05) is 72.8 Å². The van der Waals surface area contributed by atoms with Gasteiger partial charge >= 0.3 is 0 Å². The minimum Gasteiger partial charge on any atom is -0.497 e. The van der Waals surface area contributed by atoms with Crippen molar-refractivity contribution in [3.05, 3.63) is 83.9 Å². The summed E-state index contributed by atoms with van der Waals surface area (Å²) >= 11 is 0. The van der Waals surface area contributed by atoms with Gasteiger partial charge in [-0.2, -0.15) is 0 Å². The van der Waals surface area contributed by atoms with Crippen LogP contribution in [0.5, 0.6) is 11.5 Å². The van der Waals surface area contributed by atoms with Crippen LogP contribution in [0.2, 0.25) is 0 Å². The van der Waals surface area contributed by atoms with Crippen molar-refractivity contribution in [2.24, 2.45) is 5.92 Å². The van der Waals surface area contributed by atoms with Gasteiger partial charge in [-0.05, 0) is 66.1 Å². The SMILES string of the molecule is CCc1ccc(NC(=O)[C@H]2CC(=O)N(c3ccc(OC)cc3)[C@@H]2c2ccc(OC)cc2)cc1. The molecule has 1 fully saturated rings. The van der Waals surface area contributed by atoms with E-state index in [-0.39, 0.29) is 18.2 Å². The van der Waals surface area contributed by atoms with Crippen LogP contribution in [-0.4, -0.2) is 26.0 Å². The van der Waals surface area contributed by atoms with Crippen molar-refractivity contribution < 1.29 is 19.1 Å². The Bertz CT molecular complexity index is 1110. The molecule has 3 aromatic carbocycles. The standard InChI is InChI=1S/C27H28N2O4/c1-4-18-5-9-20(10-6-18)28-27(31)24-17-25(30)29(21-11-15-23(33-3)16-12-21)26(24)19-7-13-22(32-2)14-8-19/h5-16,24,26H,4,17H2,1-3H3,(H,28,31)/t24-,26+/m0/s1. The number of nitrogens with zero attached hydrogens (tertiary/aromatic N) is 1. The maximum atomic E-state index is 13.4. The second-order valence-electron chi connectivity index (χ2n) is 8.03. The summed E-state index contributed by atoms with van der Waals surface area (Å²) in [7, 11) is 3.21. The number of methoxy groups -OCH3 is 2. The molecule has 1 aliphatic heterocycles. The Labute approximate surface area is 194 Å². The molecule has 0 unspecified atom stereocenters. The summed E-state index contributed by atoms with van der Waals surface area (Å²) in [6.45, 7) is 2.09. The Morgan fingerprint density at radius 2 is 1.48 bits per heavy atom. The van der Waals surface area contributed by atoms with Gasteiger partial charge in [-0.15, -0.1) is 0 Å². The van der Waals surface area contributed by atoms with Crippen LogP contribution in [-0.2, 0) is 16.0 Å². The highest BCUT2D eigenvalue weighted by atomic mass is 16.5. The van der Waals surface area contributed by atoms with E-state index in [0.29, 0.717) is 5.75 Å². The monoisotopic (exact) mass is 444 g/mol. The van der Waals surface area contributed by atoms with Crippen molar-refractivity contribution in [1.29, 1.82) is 0 Å². The van der Waals surface area contributed by atoms with Gasteiger partial charge in [-0.1, -0.05) is 31.2 Å². The molecule has 1 N–H and O–H groups in total. The van der Waals surface area contributed by atoms with Crippen LogP contribution in [0.25, 0.3) is 0 Å². The number of carbonyl (C=O) groups is 2. The molecule has 3 aromatic rings. The van der Waals surface area contributed by atoms with Crippen molar-refractivity contribution in [3.8, 4) is 11.5 Å². The maximum Gasteiger partial charge on any atom is 0.230 e. The Morgan fingerprint density at radius 1 is 0.909 bits per heavy atom. The number of benzene rings is 3. The molecule has 0 spiro atoms. The summed E-state index contributed by atoms with van der Waals surface area (Å²) in [6.07, 6.45) is 1.06. The summed E-state index contributed by atoms with van der Waals surface area (Å²) in [5, 5.41) is 3.01. The summed E-state index contributed by atoms with van der Waals surface area (Å²) in [4.78, 5) is 28.3. The molecule has 0 radical (unpaired) electrons. The smallest absolute Gasteiger partial charge is 0.230 e. The first-order valence-electron chi connectivity index (χ1n) is 11.0. The minimum atomic E-state index is -0.543. The number of anilines is 2. The Balaban J connectivity index is 1.67. The molecule has 0 aromatic heterocycles. The fourth-order valence-corrected chi connectivity index (χ4v) is 4.26. The second-order valence-corrected chi connectivity index (χ2v) is 8.03. The highest BCUT2D eigenvalue weighted by Gasteiger charge is 2.45. The van der Waals surface area contributed by atoms with Gasteiger partial charge in [-0.25, -0.2) is 0 Å². The van der Waals surface area contributed by atoms with Gasteiger partial charge in [-0.3, -0.25) is 9.59 Å². The van der Waals surface area contributed by atoms with Gasteiger partial charge in [0.25, 0.3) is 0 Å². The molecule has 2 amide bonds. The molecule has 170 valence electrons. The van der Waals surface area contributed by atoms with Gasteiger partial charge in [0.1, 0.15) is 11.5 Å². The van der Waals surface area contributed by atoms with Crippen molar-refractivity contribution in [1.82, 2.24) is 0 Å². The number of carbonyl (C=O) groups excluding carboxylic acids is 2. The molecule has 1 saturated heterocycles. The zero-order valence-corrected chi connectivity index (χ0v) is 19.1. The molecule has 6 nitrogen and oxygen atoms in total. The molecule has 4 rings (SSSR count). The van der Waals surface area contributed by atoms with Crippen molar-refractivity contribution in [2.45, 2.75) is 25.8 Å². The third kappa shape index (κ3) is 4.70. The number of hydrogen-bond acceptors (Lipinski definition) is 4. The lowest BCUT2D eigenvalue weighted by Gasteiger charge is -2.28. The van der Waals surface area contributed by atoms with E-state index in [2.05, 4.69) is 12.2 Å². The summed E-state index contributed by atoms with van der Waals surface area (Å²) in [5.74, 6) is 0.609. The van der Waals surface area contributed by atoms with Gasteiger partial charge in [0.2, 0.25) is 11.8 Å². The van der Waals surface area contributed by atoms with E-state index in [4.69, 9.17) is 9.47 Å². The number of rotatable bonds is 7. The molecule has 6 heteroatoms. The number of hydrogen-bond donors (Lipinski definition) is 1. The van der Waals surface area contributed by atoms with Crippen LogP contribution in [0, 0.1) is 5.92 Å². The Hall–Kier alpha value is -3.80. The summed E-state index contributed by atoms with van der Waals surface area (Å²) < 4.78 is 10.5. The largest absolute Gasteiger partial charge is 0.497 e. The molecule has 1 aliphatic rings. The van der Waals surface area contributed by atoms with E-state index in [1.54, 1.807) is 19.1 Å². The van der Waals surface area contributed by atoms with Gasteiger partial charge < -0.3 is 19.7 Å². The van der Waals surface area contributed by atoms with E-state index < -0.39 is 12.0 Å². The van der Waals surface area contributed by atoms with Crippen LogP contribution in [0.1, 0.15) is 30.5 Å². The summed E-state index contributed by atoms with van der Waals surface area (Å²) in [5.41, 5.74) is 3.52. The number of ether oxygens (including phenoxy) is 2. The molecular weight excluding hydrogens is 416 g/mol. The number of amides is 2. The predicted octanol–water partition coefficient (Wildman–Crippen LogP) is 5.00. The number of nitrogens with one attached hydrogen (secondary N) is 1. The highest BCUT2D eigenvalue weighted by molar-refractivity contribution is 6.04. The van der Waals surface area contributed by atoms with E-state index >= 15 is 0 Å². The molecule has 1 heterocycles. The quantitative estimate of drug-likeness (QED) is 0.557. The molecular formula is C27H28N2O4. The topological polar surface area (TPSA) is 67.9 Å². The Kier molecular flexibility index (Phi) is 6.63. The lowest BCUT2D eigenvalue weighted by Crippen LogP contribution is -2.32. The molecule has 0 aliphatic carbocycles. The van der Waals surface area contributed by atoms with Gasteiger partial charge in [0.05, 0.1) is 26.2 Å². The minimum absolute atomic E-state index is 0.0949. The van der Waals surface area contributed by atoms with Crippen molar-refractivity contribution in [3.63, 3.8) is 0 Å². The van der Waals surface area contributed by atoms with Crippen LogP contribution in [0.4, 0.5) is 11.4 Å². The normalized spacial score (nSPS) is 17.7. The van der Waals surface area contributed by atoms with Crippen LogP contribution in [0.3, 0.4) is 0 Å². The van der Waals surface area contributed by atoms with E-state index in [1.165, 1.54) is 5.56 Å². The first-order valence-corrected chi connectivity index (χ1v) is 11.0. The fraction of sp³-hybridized carbons (Fsp3) is 0.259. The van der Waals surface area contributed by atoms with Gasteiger partial charge in [0.15, 0.2) is 0 Å². The first-order chi connectivity index (χ1) is 16.0. The molecule has 2 atom stereocenters. The van der Waals surface area contributed by atoms with E-state index in [0.717, 1.165) is 29.1 Å². The summed E-state index contributed by atoms with van der Waals surface area (Å²) in [6, 6.07) is 22.2. The predicted molar refractivity (Wildman–Crippen MR) is 129 cm³/mol. The van der Waals surface area contributed by atoms with Crippen LogP contribution in [0.15, 0.2) is 72.8 Å². The van der Waals surface area contributed by atoms with E-state index in [9.17, 15) is 9.59 Å². The van der Waals surface area contributed by atoms with Crippen LogP contribution >= 0.6 is 0 Å². The Morgan fingerprint density at radius 3 is 2.03 bits per heavy atom. The fourth-order valence-electron chi connectivity index (χ4n) is 4.26. The molecule has 33 heavy (non-hydrogen) atoms. The molecule has 0 saturated carbocycles. The first kappa shape index (κ1) is 22.4. The van der Waals surface area contributed by atoms with Crippen molar-refractivity contribution in [2.75, 3.05) is 24.4 Å². The lowest BCUT2D eigenvalue weighted by atomic mass is 9.92. The second kappa shape index (κ2) is 9.77. The lowest BCUT2D eigenvalue weighted by molar-refractivity contribution is -0.122. The molecule has 0 bridgehead atoms. The highest BCUT2D eigenvalue weighted by Crippen LogP contribution is 2.42. The average molecular weight is 445 g/mol. The van der Waals surface area contributed by atoms with Crippen molar-refractivity contribution >= 4 is 23.2 Å². The maximum absolute atomic E-state index is 13.4. The zero-order valence-electron chi connectivity index (χ0n) is 19.1. The third-order valence-electron chi connectivity index (χ3n) is 6.10. The third-order valence-corrected chi connectivity index (χ3v) is 6.10. The van der Waals surface area contributed by atoms with Crippen LogP contribution < -0.4 is 19.7 Å². The zero-order chi connectivity index (χ0) is 23.4.